The Hall–Kier alpha value is -1.33. The molecule has 0 radical (unpaired) electrons. The number of hydrogen-bond donors (Lipinski definition) is 1. The molecule has 1 heterocycles. The number of nitrogens with zero attached hydrogens (tertiary/aromatic N) is 1. The minimum atomic E-state index is -0.375. The molecular formula is C10H16N2O3. The highest BCUT2D eigenvalue weighted by Crippen LogP contribution is 2.13. The minimum absolute atomic E-state index is 0.375. The molecule has 2 N–H and O–H groups in total. The van der Waals surface area contributed by atoms with Gasteiger partial charge in [-0.3, -0.25) is 4.90 Å². The Bertz CT molecular complexity index is 322. The maximum atomic E-state index is 11.3. The van der Waals surface area contributed by atoms with Crippen molar-refractivity contribution in [2.45, 2.75) is 6.54 Å². The first-order chi connectivity index (χ1) is 7.19. The van der Waals surface area contributed by atoms with Crippen molar-refractivity contribution < 1.29 is 13.9 Å². The Morgan fingerprint density at radius 3 is 3.00 bits per heavy atom. The normalized spacial score (nSPS) is 10.7. The number of carbonyl (C=O) groups excluding carboxylic acids is 1. The van der Waals surface area contributed by atoms with Crippen LogP contribution in [0.5, 0.6) is 0 Å². The number of rotatable bonds is 5. The van der Waals surface area contributed by atoms with Gasteiger partial charge in [-0.1, -0.05) is 0 Å². The number of ether oxygens (including phenoxy) is 1. The van der Waals surface area contributed by atoms with Gasteiger partial charge in [0, 0.05) is 13.1 Å². The van der Waals surface area contributed by atoms with Gasteiger partial charge in [-0.05, 0) is 13.1 Å². The third kappa shape index (κ3) is 3.07. The molecule has 1 rings (SSSR count). The van der Waals surface area contributed by atoms with E-state index in [0.717, 1.165) is 6.54 Å². The van der Waals surface area contributed by atoms with Crippen LogP contribution in [0.25, 0.3) is 0 Å². The van der Waals surface area contributed by atoms with E-state index < -0.39 is 0 Å². The Morgan fingerprint density at radius 1 is 1.67 bits per heavy atom. The molecule has 1 aromatic rings. The van der Waals surface area contributed by atoms with Crippen LogP contribution < -0.4 is 5.73 Å². The molecule has 0 fully saturated rings. The maximum Gasteiger partial charge on any atom is 0.341 e. The quantitative estimate of drug-likeness (QED) is 0.718. The predicted octanol–water partition coefficient (Wildman–Crippen LogP) is 0.457. The summed E-state index contributed by atoms with van der Waals surface area (Å²) in [6.07, 6.45) is 1.48. The van der Waals surface area contributed by atoms with Gasteiger partial charge in [0.2, 0.25) is 0 Å². The van der Waals surface area contributed by atoms with Gasteiger partial charge in [-0.25, -0.2) is 4.79 Å². The van der Waals surface area contributed by atoms with Crippen LogP contribution >= 0.6 is 0 Å². The molecule has 0 aliphatic carbocycles. The van der Waals surface area contributed by atoms with Crippen LogP contribution in [0.2, 0.25) is 0 Å². The van der Waals surface area contributed by atoms with Crippen LogP contribution in [0.15, 0.2) is 16.7 Å². The molecule has 84 valence electrons. The molecule has 5 nitrogen and oxygen atoms in total. The van der Waals surface area contributed by atoms with Gasteiger partial charge in [0.05, 0.1) is 19.9 Å². The summed E-state index contributed by atoms with van der Waals surface area (Å²) in [6, 6.07) is 1.61. The van der Waals surface area contributed by atoms with Crippen molar-refractivity contribution in [3.63, 3.8) is 0 Å². The Balaban J connectivity index is 2.68. The van der Waals surface area contributed by atoms with Crippen molar-refractivity contribution in [2.75, 3.05) is 27.2 Å². The highest BCUT2D eigenvalue weighted by molar-refractivity contribution is 5.90. The number of nitrogens with two attached hydrogens (primary N) is 1. The topological polar surface area (TPSA) is 68.7 Å². The lowest BCUT2D eigenvalue weighted by atomic mass is 10.2. The third-order valence-electron chi connectivity index (χ3n) is 2.08. The second-order valence-corrected chi connectivity index (χ2v) is 3.28. The van der Waals surface area contributed by atoms with E-state index in [0.29, 0.717) is 24.4 Å². The molecule has 0 unspecified atom stereocenters. The van der Waals surface area contributed by atoms with E-state index in [2.05, 4.69) is 4.74 Å². The number of furan rings is 1. The fourth-order valence-electron chi connectivity index (χ4n) is 1.30. The summed E-state index contributed by atoms with van der Waals surface area (Å²) >= 11 is 0. The minimum Gasteiger partial charge on any atom is -0.467 e. The summed E-state index contributed by atoms with van der Waals surface area (Å²) in [5.41, 5.74) is 5.89. The second kappa shape index (κ2) is 5.53. The van der Waals surface area contributed by atoms with Crippen LogP contribution in [0, 0.1) is 0 Å². The SMILES string of the molecule is COC(=O)c1ccoc1CN(C)CCN. The largest absolute Gasteiger partial charge is 0.467 e. The van der Waals surface area contributed by atoms with Crippen molar-refractivity contribution in [1.82, 2.24) is 4.90 Å². The lowest BCUT2D eigenvalue weighted by Gasteiger charge is -2.13. The molecule has 5 heteroatoms. The monoisotopic (exact) mass is 212 g/mol. The van der Waals surface area contributed by atoms with Gasteiger partial charge in [0.25, 0.3) is 0 Å². The number of hydrogen-bond acceptors (Lipinski definition) is 5. The van der Waals surface area contributed by atoms with Crippen molar-refractivity contribution in [1.29, 1.82) is 0 Å². The number of carbonyl (C=O) groups is 1. The Morgan fingerprint density at radius 2 is 2.40 bits per heavy atom. The first-order valence-corrected chi connectivity index (χ1v) is 4.72. The molecular weight excluding hydrogens is 196 g/mol. The lowest BCUT2D eigenvalue weighted by molar-refractivity contribution is 0.0597. The molecule has 0 saturated carbocycles. The fraction of sp³-hybridized carbons (Fsp3) is 0.500. The second-order valence-electron chi connectivity index (χ2n) is 3.28. The van der Waals surface area contributed by atoms with Gasteiger partial charge in [-0.2, -0.15) is 0 Å². The first-order valence-electron chi connectivity index (χ1n) is 4.72. The Kier molecular flexibility index (Phi) is 4.33. The van der Waals surface area contributed by atoms with Gasteiger partial charge >= 0.3 is 5.97 Å². The average molecular weight is 212 g/mol. The van der Waals surface area contributed by atoms with Gasteiger partial charge < -0.3 is 14.9 Å². The molecule has 0 aliphatic heterocycles. The molecule has 0 spiro atoms. The summed E-state index contributed by atoms with van der Waals surface area (Å²) in [4.78, 5) is 13.3. The fourth-order valence-corrected chi connectivity index (χ4v) is 1.30. The van der Waals surface area contributed by atoms with E-state index in [1.807, 2.05) is 11.9 Å². The zero-order chi connectivity index (χ0) is 11.3. The summed E-state index contributed by atoms with van der Waals surface area (Å²) in [6.45, 7) is 1.88. The zero-order valence-corrected chi connectivity index (χ0v) is 9.03. The van der Waals surface area contributed by atoms with Crippen LogP contribution in [-0.4, -0.2) is 38.1 Å². The van der Waals surface area contributed by atoms with Crippen molar-refractivity contribution >= 4 is 5.97 Å². The van der Waals surface area contributed by atoms with Gasteiger partial charge in [0.15, 0.2) is 0 Å². The van der Waals surface area contributed by atoms with Crippen LogP contribution in [0.1, 0.15) is 16.1 Å². The average Bonchev–Trinajstić information content (AvgIpc) is 2.65. The predicted molar refractivity (Wildman–Crippen MR) is 55.4 cm³/mol. The van der Waals surface area contributed by atoms with Crippen LogP contribution in [0.4, 0.5) is 0 Å². The summed E-state index contributed by atoms with van der Waals surface area (Å²) < 4.78 is 9.86. The highest BCUT2D eigenvalue weighted by atomic mass is 16.5. The van der Waals surface area contributed by atoms with Gasteiger partial charge in [0.1, 0.15) is 11.3 Å². The Labute approximate surface area is 88.8 Å². The standard InChI is InChI=1S/C10H16N2O3/c1-12(5-4-11)7-9-8(3-6-15-9)10(13)14-2/h3,6H,4-5,7,11H2,1-2H3. The van der Waals surface area contributed by atoms with E-state index in [4.69, 9.17) is 10.2 Å². The first kappa shape index (κ1) is 11.7. The molecule has 0 atom stereocenters. The molecule has 0 aromatic carbocycles. The zero-order valence-electron chi connectivity index (χ0n) is 9.03. The number of esters is 1. The van der Waals surface area contributed by atoms with Crippen molar-refractivity contribution in [2.24, 2.45) is 5.73 Å². The molecule has 0 amide bonds. The smallest absolute Gasteiger partial charge is 0.341 e. The van der Waals surface area contributed by atoms with Crippen LogP contribution in [0.3, 0.4) is 0 Å². The summed E-state index contributed by atoms with van der Waals surface area (Å²) in [5, 5.41) is 0. The third-order valence-corrected chi connectivity index (χ3v) is 2.08. The number of methoxy groups -OCH3 is 1. The van der Waals surface area contributed by atoms with Gasteiger partial charge in [-0.15, -0.1) is 0 Å². The van der Waals surface area contributed by atoms with Crippen molar-refractivity contribution in [3.05, 3.63) is 23.7 Å². The van der Waals surface area contributed by atoms with E-state index in [1.165, 1.54) is 13.4 Å². The molecule has 0 bridgehead atoms. The van der Waals surface area contributed by atoms with Crippen molar-refractivity contribution in [3.8, 4) is 0 Å². The van der Waals surface area contributed by atoms with E-state index in [9.17, 15) is 4.79 Å². The maximum absolute atomic E-state index is 11.3. The van der Waals surface area contributed by atoms with E-state index in [1.54, 1.807) is 6.07 Å². The van der Waals surface area contributed by atoms with E-state index >= 15 is 0 Å². The molecule has 0 aliphatic rings. The lowest BCUT2D eigenvalue weighted by Crippen LogP contribution is -2.25. The highest BCUT2D eigenvalue weighted by Gasteiger charge is 2.15. The van der Waals surface area contributed by atoms with Crippen LogP contribution in [-0.2, 0) is 11.3 Å². The van der Waals surface area contributed by atoms with E-state index in [-0.39, 0.29) is 5.97 Å². The molecule has 15 heavy (non-hydrogen) atoms. The molecule has 0 saturated heterocycles. The number of likely N-dealkylation sites (N-methyl/N-ethyl adjacent to an activating group) is 1. The summed E-state index contributed by atoms with van der Waals surface area (Å²) in [5.74, 6) is 0.234. The molecule has 1 aromatic heterocycles. The summed E-state index contributed by atoms with van der Waals surface area (Å²) in [7, 11) is 3.26.